The highest BCUT2D eigenvalue weighted by atomic mass is 16.1. The molecule has 1 amide bonds. The van der Waals surface area contributed by atoms with Crippen LogP contribution in [0.25, 0.3) is 0 Å². The second kappa shape index (κ2) is 8.76. The number of aromatic nitrogens is 2. The number of anilines is 2. The van der Waals surface area contributed by atoms with Gasteiger partial charge in [-0.3, -0.25) is 4.79 Å². The summed E-state index contributed by atoms with van der Waals surface area (Å²) in [6, 6.07) is 9.54. The summed E-state index contributed by atoms with van der Waals surface area (Å²) in [5.41, 5.74) is 2.18. The fraction of sp³-hybridized carbons (Fsp3) is 0.450. The van der Waals surface area contributed by atoms with Crippen molar-refractivity contribution in [3.8, 4) is 0 Å². The van der Waals surface area contributed by atoms with Gasteiger partial charge in [-0.15, -0.1) is 0 Å². The maximum atomic E-state index is 12.6. The molecule has 0 saturated heterocycles. The molecule has 0 spiro atoms. The lowest BCUT2D eigenvalue weighted by atomic mass is 9.86. The van der Waals surface area contributed by atoms with Crippen molar-refractivity contribution in [2.75, 3.05) is 37.8 Å². The van der Waals surface area contributed by atoms with Crippen LogP contribution in [0.3, 0.4) is 0 Å². The van der Waals surface area contributed by atoms with E-state index < -0.39 is 0 Å². The predicted molar refractivity (Wildman–Crippen MR) is 107 cm³/mol. The van der Waals surface area contributed by atoms with Crippen LogP contribution in [0.5, 0.6) is 0 Å². The van der Waals surface area contributed by atoms with E-state index in [1.807, 2.05) is 38.4 Å². The van der Waals surface area contributed by atoms with Crippen molar-refractivity contribution in [1.29, 1.82) is 0 Å². The third-order valence-corrected chi connectivity index (χ3v) is 3.97. The zero-order valence-electron chi connectivity index (χ0n) is 16.3. The lowest BCUT2D eigenvalue weighted by molar-refractivity contribution is 0.102. The average Bonchev–Trinajstić information content (AvgIpc) is 2.58. The van der Waals surface area contributed by atoms with Crippen molar-refractivity contribution in [3.63, 3.8) is 0 Å². The molecule has 0 aliphatic carbocycles. The molecule has 6 nitrogen and oxygen atoms in total. The Balaban J connectivity index is 2.06. The van der Waals surface area contributed by atoms with Crippen molar-refractivity contribution in [1.82, 2.24) is 14.9 Å². The highest BCUT2D eigenvalue weighted by Crippen LogP contribution is 2.29. The molecular formula is C20H29N5O. The quantitative estimate of drug-likeness (QED) is 0.745. The van der Waals surface area contributed by atoms with E-state index in [4.69, 9.17) is 0 Å². The van der Waals surface area contributed by atoms with E-state index in [0.717, 1.165) is 30.8 Å². The monoisotopic (exact) mass is 355 g/mol. The Hall–Kier alpha value is -2.47. The first kappa shape index (κ1) is 19.8. The number of nitrogens with zero attached hydrogens (tertiary/aromatic N) is 3. The molecule has 1 aromatic carbocycles. The normalized spacial score (nSPS) is 11.5. The molecule has 0 atom stereocenters. The van der Waals surface area contributed by atoms with Gasteiger partial charge < -0.3 is 15.5 Å². The molecule has 0 radical (unpaired) electrons. The van der Waals surface area contributed by atoms with Crippen LogP contribution in [0, 0.1) is 0 Å². The van der Waals surface area contributed by atoms with Gasteiger partial charge in [-0.2, -0.15) is 0 Å². The third-order valence-electron chi connectivity index (χ3n) is 3.97. The van der Waals surface area contributed by atoms with Crippen LogP contribution in [0.4, 0.5) is 11.5 Å². The number of carbonyl (C=O) groups is 1. The Bertz CT molecular complexity index is 737. The maximum absolute atomic E-state index is 12.6. The van der Waals surface area contributed by atoms with Crippen LogP contribution >= 0.6 is 0 Å². The smallest absolute Gasteiger partial charge is 0.274 e. The summed E-state index contributed by atoms with van der Waals surface area (Å²) >= 11 is 0. The lowest BCUT2D eigenvalue weighted by Crippen LogP contribution is -2.20. The Labute approximate surface area is 156 Å². The van der Waals surface area contributed by atoms with E-state index in [0.29, 0.717) is 11.5 Å². The molecule has 1 aromatic heterocycles. The second-order valence-electron chi connectivity index (χ2n) is 7.62. The summed E-state index contributed by atoms with van der Waals surface area (Å²) in [5, 5.41) is 6.22. The number of hydrogen-bond donors (Lipinski definition) is 2. The zero-order chi connectivity index (χ0) is 19.2. The minimum Gasteiger partial charge on any atom is -0.370 e. The summed E-state index contributed by atoms with van der Waals surface area (Å²) < 4.78 is 0. The molecular weight excluding hydrogens is 326 g/mol. The molecule has 0 aliphatic rings. The highest BCUT2D eigenvalue weighted by Gasteiger charge is 2.19. The number of hydrogen-bond acceptors (Lipinski definition) is 5. The molecule has 2 N–H and O–H groups in total. The van der Waals surface area contributed by atoms with Crippen molar-refractivity contribution < 1.29 is 4.79 Å². The van der Waals surface area contributed by atoms with E-state index in [1.54, 1.807) is 6.07 Å². The fourth-order valence-corrected chi connectivity index (χ4v) is 2.62. The molecule has 1 heterocycles. The number of amides is 1. The van der Waals surface area contributed by atoms with Gasteiger partial charge in [-0.25, -0.2) is 9.97 Å². The number of para-hydroxylation sites is 1. The molecule has 2 aromatic rings. The summed E-state index contributed by atoms with van der Waals surface area (Å²) in [6.07, 6.45) is 2.41. The van der Waals surface area contributed by atoms with Crippen LogP contribution in [-0.2, 0) is 5.41 Å². The van der Waals surface area contributed by atoms with Gasteiger partial charge in [0.1, 0.15) is 17.8 Å². The topological polar surface area (TPSA) is 70.2 Å². The molecule has 0 saturated carbocycles. The Kier molecular flexibility index (Phi) is 6.69. The van der Waals surface area contributed by atoms with Crippen molar-refractivity contribution in [3.05, 3.63) is 47.9 Å². The zero-order valence-corrected chi connectivity index (χ0v) is 16.3. The minimum atomic E-state index is -0.236. The van der Waals surface area contributed by atoms with Crippen molar-refractivity contribution >= 4 is 17.4 Å². The molecule has 0 bridgehead atoms. The fourth-order valence-electron chi connectivity index (χ4n) is 2.62. The largest absolute Gasteiger partial charge is 0.370 e. The van der Waals surface area contributed by atoms with Crippen LogP contribution < -0.4 is 10.6 Å². The van der Waals surface area contributed by atoms with Gasteiger partial charge >= 0.3 is 0 Å². The summed E-state index contributed by atoms with van der Waals surface area (Å²) in [4.78, 5) is 23.1. The van der Waals surface area contributed by atoms with Gasteiger partial charge in [0, 0.05) is 18.3 Å². The SMILES string of the molecule is CN(C)CCCNc1cc(C(=O)Nc2ccccc2C(C)(C)C)ncn1. The Morgan fingerprint density at radius 3 is 2.58 bits per heavy atom. The molecule has 140 valence electrons. The van der Waals surface area contributed by atoms with Gasteiger partial charge in [0.05, 0.1) is 0 Å². The maximum Gasteiger partial charge on any atom is 0.274 e. The van der Waals surface area contributed by atoms with E-state index in [1.165, 1.54) is 6.33 Å². The van der Waals surface area contributed by atoms with E-state index in [2.05, 4.69) is 46.3 Å². The van der Waals surface area contributed by atoms with Crippen molar-refractivity contribution in [2.45, 2.75) is 32.6 Å². The van der Waals surface area contributed by atoms with Crippen LogP contribution in [0.1, 0.15) is 43.2 Å². The summed E-state index contributed by atoms with van der Waals surface area (Å²) in [5.74, 6) is 0.424. The Morgan fingerprint density at radius 2 is 1.88 bits per heavy atom. The standard InChI is InChI=1S/C20H29N5O/c1-20(2,3)15-9-6-7-10-16(15)24-19(26)17-13-18(23-14-22-17)21-11-8-12-25(4)5/h6-7,9-10,13-14H,8,11-12H2,1-5H3,(H,24,26)(H,21,22,23). The molecule has 0 fully saturated rings. The molecule has 2 rings (SSSR count). The third kappa shape index (κ3) is 5.81. The van der Waals surface area contributed by atoms with Crippen LogP contribution in [-0.4, -0.2) is 48.0 Å². The number of rotatable bonds is 7. The van der Waals surface area contributed by atoms with Gasteiger partial charge in [-0.05, 0) is 44.1 Å². The predicted octanol–water partition coefficient (Wildman–Crippen LogP) is 3.39. The van der Waals surface area contributed by atoms with E-state index in [9.17, 15) is 4.79 Å². The van der Waals surface area contributed by atoms with Crippen LogP contribution in [0.2, 0.25) is 0 Å². The van der Waals surface area contributed by atoms with Gasteiger partial charge in [0.15, 0.2) is 0 Å². The first-order chi connectivity index (χ1) is 12.3. The highest BCUT2D eigenvalue weighted by molar-refractivity contribution is 6.03. The molecule has 0 aliphatic heterocycles. The van der Waals surface area contributed by atoms with Crippen molar-refractivity contribution in [2.24, 2.45) is 0 Å². The minimum absolute atomic E-state index is 0.0608. The number of nitrogens with one attached hydrogen (secondary N) is 2. The Morgan fingerprint density at radius 1 is 1.15 bits per heavy atom. The molecule has 6 heteroatoms. The number of benzene rings is 1. The number of carbonyl (C=O) groups excluding carboxylic acids is 1. The van der Waals surface area contributed by atoms with Gasteiger partial charge in [0.25, 0.3) is 5.91 Å². The van der Waals surface area contributed by atoms with Crippen LogP contribution in [0.15, 0.2) is 36.7 Å². The average molecular weight is 355 g/mol. The summed E-state index contributed by atoms with van der Waals surface area (Å²) in [7, 11) is 4.09. The van der Waals surface area contributed by atoms with Gasteiger partial charge in [-0.1, -0.05) is 39.0 Å². The van der Waals surface area contributed by atoms with Gasteiger partial charge in [0.2, 0.25) is 0 Å². The second-order valence-corrected chi connectivity index (χ2v) is 7.62. The van der Waals surface area contributed by atoms with E-state index in [-0.39, 0.29) is 11.3 Å². The lowest BCUT2D eigenvalue weighted by Gasteiger charge is -2.22. The molecule has 0 unspecified atom stereocenters. The molecule has 26 heavy (non-hydrogen) atoms. The summed E-state index contributed by atoms with van der Waals surface area (Å²) in [6.45, 7) is 8.16. The first-order valence-corrected chi connectivity index (χ1v) is 8.89. The van der Waals surface area contributed by atoms with E-state index >= 15 is 0 Å². The first-order valence-electron chi connectivity index (χ1n) is 8.89.